The number of hydrogen-bond acceptors (Lipinski definition) is 7. The normalized spacial score (nSPS) is 12.9. The molecule has 26 heavy (non-hydrogen) atoms. The van der Waals surface area contributed by atoms with Crippen molar-refractivity contribution in [2.75, 3.05) is 33.0 Å². The van der Waals surface area contributed by atoms with E-state index in [1.807, 2.05) is 0 Å². The van der Waals surface area contributed by atoms with Crippen LogP contribution in [-0.4, -0.2) is 73.7 Å². The van der Waals surface area contributed by atoms with Gasteiger partial charge < -0.3 is 30.9 Å². The van der Waals surface area contributed by atoms with Crippen LogP contribution in [0.1, 0.15) is 33.1 Å². The number of carbonyl (C=O) groups is 4. The van der Waals surface area contributed by atoms with Gasteiger partial charge in [0.1, 0.15) is 12.6 Å². The molecule has 10 heteroatoms. The number of carbonyl (C=O) groups excluding carboxylic acids is 3. The van der Waals surface area contributed by atoms with Crippen LogP contribution in [0.5, 0.6) is 0 Å². The van der Waals surface area contributed by atoms with Crippen molar-refractivity contribution in [1.29, 1.82) is 0 Å². The lowest BCUT2D eigenvalue weighted by Gasteiger charge is -2.21. The maximum Gasteiger partial charge on any atom is 0.303 e. The molecule has 0 heterocycles. The number of amides is 2. The predicted octanol–water partition coefficient (Wildman–Crippen LogP) is -1.19. The number of carboxylic acid groups (broad SMARTS) is 1. The molecule has 0 saturated heterocycles. The van der Waals surface area contributed by atoms with Crippen LogP contribution in [0.3, 0.4) is 0 Å². The third-order valence-corrected chi connectivity index (χ3v) is 3.38. The smallest absolute Gasteiger partial charge is 0.303 e. The molecule has 0 unspecified atom stereocenters. The van der Waals surface area contributed by atoms with Gasteiger partial charge in [0.15, 0.2) is 5.78 Å². The quantitative estimate of drug-likeness (QED) is 0.260. The molecule has 5 N–H and O–H groups in total. The molecule has 150 valence electrons. The van der Waals surface area contributed by atoms with Crippen molar-refractivity contribution in [2.24, 2.45) is 5.73 Å². The minimum absolute atomic E-state index is 0.00724. The summed E-state index contributed by atoms with van der Waals surface area (Å²) >= 11 is 0. The van der Waals surface area contributed by atoms with E-state index in [4.69, 9.17) is 20.3 Å². The number of hydrogen-bond donors (Lipinski definition) is 4. The second-order valence-electron chi connectivity index (χ2n) is 5.59. The summed E-state index contributed by atoms with van der Waals surface area (Å²) in [6.07, 6.45) is 0.0567. The van der Waals surface area contributed by atoms with Crippen molar-refractivity contribution in [2.45, 2.75) is 45.2 Å². The average molecular weight is 375 g/mol. The van der Waals surface area contributed by atoms with E-state index >= 15 is 0 Å². The molecule has 0 aromatic heterocycles. The monoisotopic (exact) mass is 375 g/mol. The van der Waals surface area contributed by atoms with E-state index in [1.54, 1.807) is 6.92 Å². The third-order valence-electron chi connectivity index (χ3n) is 3.38. The Morgan fingerprint density at radius 1 is 1.04 bits per heavy atom. The molecular weight excluding hydrogens is 346 g/mol. The summed E-state index contributed by atoms with van der Waals surface area (Å²) in [7, 11) is 0. The summed E-state index contributed by atoms with van der Waals surface area (Å²) in [5.74, 6) is -2.42. The fraction of sp³-hybridized carbons (Fsp3) is 0.750. The van der Waals surface area contributed by atoms with Gasteiger partial charge in [0.25, 0.3) is 0 Å². The van der Waals surface area contributed by atoms with E-state index in [9.17, 15) is 19.2 Å². The van der Waals surface area contributed by atoms with E-state index < -0.39 is 29.9 Å². The van der Waals surface area contributed by atoms with Crippen molar-refractivity contribution in [3.63, 3.8) is 0 Å². The van der Waals surface area contributed by atoms with Crippen molar-refractivity contribution < 1.29 is 33.8 Å². The Morgan fingerprint density at radius 3 is 2.23 bits per heavy atom. The number of Topliss-reactive ketones (excluding diaryl/α,β-unsaturated/α-hetero) is 1. The van der Waals surface area contributed by atoms with Gasteiger partial charge in [0, 0.05) is 13.0 Å². The van der Waals surface area contributed by atoms with E-state index in [0.29, 0.717) is 26.2 Å². The Labute approximate surface area is 152 Å². The molecule has 10 nitrogen and oxygen atoms in total. The van der Waals surface area contributed by atoms with Gasteiger partial charge in [0.2, 0.25) is 11.8 Å². The predicted molar refractivity (Wildman–Crippen MR) is 92.4 cm³/mol. The number of carboxylic acids is 1. The molecule has 2 atom stereocenters. The van der Waals surface area contributed by atoms with Crippen LogP contribution >= 0.6 is 0 Å². The van der Waals surface area contributed by atoms with Gasteiger partial charge in [-0.3, -0.25) is 19.2 Å². The van der Waals surface area contributed by atoms with Crippen LogP contribution in [0, 0.1) is 0 Å². The highest BCUT2D eigenvalue weighted by atomic mass is 16.5. The molecule has 0 rings (SSSR count). The second-order valence-corrected chi connectivity index (χ2v) is 5.59. The molecule has 0 aromatic rings. The van der Waals surface area contributed by atoms with Crippen LogP contribution in [0.4, 0.5) is 0 Å². The number of rotatable bonds is 15. The minimum atomic E-state index is -1.06. The average Bonchev–Trinajstić information content (AvgIpc) is 2.58. The molecule has 0 radical (unpaired) electrons. The highest BCUT2D eigenvalue weighted by Gasteiger charge is 2.24. The molecule has 0 saturated carbocycles. The number of nitrogens with one attached hydrogen (secondary N) is 2. The van der Waals surface area contributed by atoms with Gasteiger partial charge in [-0.05, 0) is 19.8 Å². The van der Waals surface area contributed by atoms with E-state index in [2.05, 4.69) is 10.6 Å². The second kappa shape index (κ2) is 14.2. The lowest BCUT2D eigenvalue weighted by molar-refractivity contribution is -0.137. The minimum Gasteiger partial charge on any atom is -0.481 e. The first-order valence-electron chi connectivity index (χ1n) is 8.49. The Bertz CT molecular complexity index is 471. The Morgan fingerprint density at radius 2 is 1.69 bits per heavy atom. The van der Waals surface area contributed by atoms with E-state index in [-0.39, 0.29) is 31.8 Å². The van der Waals surface area contributed by atoms with Crippen molar-refractivity contribution in [1.82, 2.24) is 10.6 Å². The van der Waals surface area contributed by atoms with Crippen LogP contribution in [0.25, 0.3) is 0 Å². The van der Waals surface area contributed by atoms with Crippen LogP contribution in [-0.2, 0) is 28.7 Å². The largest absolute Gasteiger partial charge is 0.481 e. The molecule has 0 aliphatic heterocycles. The molecule has 0 spiro atoms. The van der Waals surface area contributed by atoms with Crippen molar-refractivity contribution in [3.8, 4) is 0 Å². The number of ketones is 1. The molecule has 0 fully saturated rings. The summed E-state index contributed by atoms with van der Waals surface area (Å²) in [4.78, 5) is 46.2. The highest BCUT2D eigenvalue weighted by molar-refractivity contribution is 5.92. The Kier molecular flexibility index (Phi) is 13.1. The van der Waals surface area contributed by atoms with E-state index in [1.165, 1.54) is 6.92 Å². The first-order chi connectivity index (χ1) is 12.3. The summed E-state index contributed by atoms with van der Waals surface area (Å²) in [6.45, 7) is 4.09. The van der Waals surface area contributed by atoms with Crippen molar-refractivity contribution >= 4 is 23.6 Å². The summed E-state index contributed by atoms with van der Waals surface area (Å²) in [5.41, 5.74) is 5.26. The Balaban J connectivity index is 4.33. The van der Waals surface area contributed by atoms with Crippen LogP contribution in [0.2, 0.25) is 0 Å². The highest BCUT2D eigenvalue weighted by Crippen LogP contribution is 2.01. The topological polar surface area (TPSA) is 157 Å². The van der Waals surface area contributed by atoms with Gasteiger partial charge in [-0.15, -0.1) is 0 Å². The number of nitrogens with two attached hydrogens (primary N) is 1. The van der Waals surface area contributed by atoms with Gasteiger partial charge >= 0.3 is 5.97 Å². The first-order valence-corrected chi connectivity index (χ1v) is 8.49. The maximum absolute atomic E-state index is 12.2. The molecule has 0 bridgehead atoms. The standard InChI is InChI=1S/C16H29N3O7/c1-3-12(18-14(21)10-26-9-8-25-7-6-17)16(24)19-13(11(2)20)4-5-15(22)23/h12-13H,3-10,17H2,1-2H3,(H,18,21)(H,19,24)(H,22,23)/t12-,13-/m0/s1. The Hall–Kier alpha value is -2.04. The zero-order valence-corrected chi connectivity index (χ0v) is 15.3. The molecule has 0 aliphatic rings. The number of aliphatic carboxylic acids is 1. The van der Waals surface area contributed by atoms with Crippen LogP contribution < -0.4 is 16.4 Å². The summed E-state index contributed by atoms with van der Waals surface area (Å²) in [6, 6.07) is -1.74. The van der Waals surface area contributed by atoms with Gasteiger partial charge in [-0.2, -0.15) is 0 Å². The summed E-state index contributed by atoms with van der Waals surface area (Å²) < 4.78 is 10.2. The molecule has 0 aromatic carbocycles. The fourth-order valence-corrected chi connectivity index (χ4v) is 1.97. The zero-order chi connectivity index (χ0) is 19.9. The zero-order valence-electron chi connectivity index (χ0n) is 15.3. The molecule has 2 amide bonds. The lowest BCUT2D eigenvalue weighted by atomic mass is 10.1. The molecule has 0 aliphatic carbocycles. The third kappa shape index (κ3) is 11.5. The van der Waals surface area contributed by atoms with Crippen molar-refractivity contribution in [3.05, 3.63) is 0 Å². The first kappa shape index (κ1) is 24.0. The molecular formula is C16H29N3O7. The fourth-order valence-electron chi connectivity index (χ4n) is 1.97. The van der Waals surface area contributed by atoms with Gasteiger partial charge in [-0.1, -0.05) is 6.92 Å². The van der Waals surface area contributed by atoms with Gasteiger partial charge in [-0.25, -0.2) is 0 Å². The maximum atomic E-state index is 12.2. The summed E-state index contributed by atoms with van der Waals surface area (Å²) in [5, 5.41) is 13.7. The lowest BCUT2D eigenvalue weighted by Crippen LogP contribution is -2.51. The van der Waals surface area contributed by atoms with E-state index in [0.717, 1.165) is 0 Å². The number of ether oxygens (including phenoxy) is 2. The SMILES string of the molecule is CC[C@H](NC(=O)COCCOCCN)C(=O)N[C@@H](CCC(=O)O)C(C)=O. The van der Waals surface area contributed by atoms with Gasteiger partial charge in [0.05, 0.1) is 25.9 Å². The van der Waals surface area contributed by atoms with Crippen LogP contribution in [0.15, 0.2) is 0 Å².